The maximum Gasteiger partial charge on any atom is 0.309 e. The molecule has 0 aromatic carbocycles. The number of aromatic nitrogens is 1. The van der Waals surface area contributed by atoms with Gasteiger partial charge in [0.1, 0.15) is 5.75 Å². The van der Waals surface area contributed by atoms with Gasteiger partial charge in [-0.15, -0.1) is 0 Å². The Morgan fingerprint density at radius 2 is 2.47 bits per heavy atom. The second-order valence-electron chi connectivity index (χ2n) is 3.93. The lowest BCUT2D eigenvalue weighted by Gasteiger charge is -2.24. The van der Waals surface area contributed by atoms with Gasteiger partial charge in [0.05, 0.1) is 18.7 Å². The molecule has 1 saturated heterocycles. The standard InChI is InChI=1S/C12H15NO4/c14-11(15)8-9-10(4-3-6-13-9)17-12-5-1-2-7-16-12/h3-4,6,12H,1-2,5,7-8H2,(H,14,15). The predicted octanol–water partition coefficient (Wildman–Crippen LogP) is 1.61. The number of pyridine rings is 1. The third kappa shape index (κ3) is 3.42. The molecular weight excluding hydrogens is 222 g/mol. The molecule has 1 aliphatic rings. The molecule has 1 fully saturated rings. The van der Waals surface area contributed by atoms with E-state index >= 15 is 0 Å². The van der Waals surface area contributed by atoms with Crippen LogP contribution in [-0.2, 0) is 16.0 Å². The number of carboxylic acids is 1. The highest BCUT2D eigenvalue weighted by Crippen LogP contribution is 2.21. The van der Waals surface area contributed by atoms with Gasteiger partial charge >= 0.3 is 5.97 Å². The topological polar surface area (TPSA) is 68.7 Å². The first kappa shape index (κ1) is 11.9. The fourth-order valence-corrected chi connectivity index (χ4v) is 1.75. The molecule has 92 valence electrons. The zero-order valence-electron chi connectivity index (χ0n) is 9.46. The Labute approximate surface area is 99.4 Å². The summed E-state index contributed by atoms with van der Waals surface area (Å²) >= 11 is 0. The molecule has 0 saturated carbocycles. The Balaban J connectivity index is 2.05. The minimum absolute atomic E-state index is 0.136. The lowest BCUT2D eigenvalue weighted by molar-refractivity contribution is -0.136. The minimum Gasteiger partial charge on any atom is -0.481 e. The quantitative estimate of drug-likeness (QED) is 0.861. The van der Waals surface area contributed by atoms with E-state index in [1.54, 1.807) is 18.3 Å². The fraction of sp³-hybridized carbons (Fsp3) is 0.500. The van der Waals surface area contributed by atoms with Crippen molar-refractivity contribution >= 4 is 5.97 Å². The van der Waals surface area contributed by atoms with E-state index in [0.29, 0.717) is 18.1 Å². The molecule has 1 unspecified atom stereocenters. The van der Waals surface area contributed by atoms with Crippen LogP contribution in [0.25, 0.3) is 0 Å². The van der Waals surface area contributed by atoms with E-state index in [4.69, 9.17) is 14.6 Å². The number of hydrogen-bond acceptors (Lipinski definition) is 4. The van der Waals surface area contributed by atoms with Crippen LogP contribution in [0.4, 0.5) is 0 Å². The summed E-state index contributed by atoms with van der Waals surface area (Å²) in [6, 6.07) is 3.45. The summed E-state index contributed by atoms with van der Waals surface area (Å²) in [6.45, 7) is 0.694. The summed E-state index contributed by atoms with van der Waals surface area (Å²) in [7, 11) is 0. The van der Waals surface area contributed by atoms with E-state index in [9.17, 15) is 4.79 Å². The van der Waals surface area contributed by atoms with Crippen LogP contribution in [0.15, 0.2) is 18.3 Å². The van der Waals surface area contributed by atoms with E-state index in [-0.39, 0.29) is 12.7 Å². The van der Waals surface area contributed by atoms with Crippen molar-refractivity contribution in [3.8, 4) is 5.75 Å². The van der Waals surface area contributed by atoms with Crippen LogP contribution >= 0.6 is 0 Å². The summed E-state index contributed by atoms with van der Waals surface area (Å²) in [6.07, 6.45) is 4.10. The van der Waals surface area contributed by atoms with Gasteiger partial charge in [-0.2, -0.15) is 0 Å². The molecule has 0 spiro atoms. The molecule has 0 aliphatic carbocycles. The molecule has 5 nitrogen and oxygen atoms in total. The Morgan fingerprint density at radius 1 is 1.59 bits per heavy atom. The van der Waals surface area contributed by atoms with Crippen molar-refractivity contribution in [2.45, 2.75) is 32.0 Å². The molecule has 1 aliphatic heterocycles. The van der Waals surface area contributed by atoms with Crippen LogP contribution in [0.2, 0.25) is 0 Å². The molecule has 1 N–H and O–H groups in total. The van der Waals surface area contributed by atoms with E-state index in [1.165, 1.54) is 0 Å². The molecule has 0 bridgehead atoms. The van der Waals surface area contributed by atoms with Crippen LogP contribution in [-0.4, -0.2) is 29.0 Å². The van der Waals surface area contributed by atoms with Crippen LogP contribution < -0.4 is 4.74 Å². The minimum atomic E-state index is -0.918. The zero-order chi connectivity index (χ0) is 12.1. The zero-order valence-corrected chi connectivity index (χ0v) is 9.46. The van der Waals surface area contributed by atoms with E-state index < -0.39 is 5.97 Å². The molecule has 0 amide bonds. The van der Waals surface area contributed by atoms with Crippen molar-refractivity contribution in [1.82, 2.24) is 4.98 Å². The van der Waals surface area contributed by atoms with Crippen LogP contribution in [0.3, 0.4) is 0 Å². The molecule has 1 aromatic rings. The molecule has 2 rings (SSSR count). The predicted molar refractivity (Wildman–Crippen MR) is 59.8 cm³/mol. The van der Waals surface area contributed by atoms with Gasteiger partial charge in [-0.1, -0.05) is 0 Å². The molecular formula is C12H15NO4. The van der Waals surface area contributed by atoms with E-state index in [2.05, 4.69) is 4.98 Å². The highest BCUT2D eigenvalue weighted by atomic mass is 16.7. The van der Waals surface area contributed by atoms with Crippen molar-refractivity contribution in [1.29, 1.82) is 0 Å². The maximum absolute atomic E-state index is 10.7. The van der Waals surface area contributed by atoms with Gasteiger partial charge in [-0.3, -0.25) is 9.78 Å². The highest BCUT2D eigenvalue weighted by molar-refractivity contribution is 5.70. The molecule has 17 heavy (non-hydrogen) atoms. The van der Waals surface area contributed by atoms with Crippen LogP contribution in [0.1, 0.15) is 25.0 Å². The van der Waals surface area contributed by atoms with Gasteiger partial charge in [0.15, 0.2) is 6.29 Å². The highest BCUT2D eigenvalue weighted by Gasteiger charge is 2.17. The number of aliphatic carboxylic acids is 1. The van der Waals surface area contributed by atoms with E-state index in [0.717, 1.165) is 19.3 Å². The molecule has 2 heterocycles. The second kappa shape index (κ2) is 5.63. The number of carboxylic acid groups (broad SMARTS) is 1. The average Bonchev–Trinajstić information content (AvgIpc) is 2.32. The Kier molecular flexibility index (Phi) is 3.93. The van der Waals surface area contributed by atoms with Crippen LogP contribution in [0.5, 0.6) is 5.75 Å². The molecule has 1 aromatic heterocycles. The number of ether oxygens (including phenoxy) is 2. The molecule has 5 heteroatoms. The summed E-state index contributed by atoms with van der Waals surface area (Å²) in [5, 5.41) is 8.77. The number of carbonyl (C=O) groups is 1. The monoisotopic (exact) mass is 237 g/mol. The second-order valence-corrected chi connectivity index (χ2v) is 3.93. The number of nitrogens with zero attached hydrogens (tertiary/aromatic N) is 1. The first-order valence-corrected chi connectivity index (χ1v) is 5.69. The third-order valence-corrected chi connectivity index (χ3v) is 2.56. The Morgan fingerprint density at radius 3 is 3.18 bits per heavy atom. The molecule has 1 atom stereocenters. The van der Waals surface area contributed by atoms with Gasteiger partial charge in [0.25, 0.3) is 0 Å². The van der Waals surface area contributed by atoms with Gasteiger partial charge in [-0.25, -0.2) is 0 Å². The normalized spacial score (nSPS) is 19.9. The SMILES string of the molecule is O=C(O)Cc1ncccc1OC1CCCCO1. The van der Waals surface area contributed by atoms with Crippen LogP contribution in [0, 0.1) is 0 Å². The number of hydrogen-bond donors (Lipinski definition) is 1. The van der Waals surface area contributed by atoms with Crippen molar-refractivity contribution in [2.24, 2.45) is 0 Å². The molecule has 0 radical (unpaired) electrons. The maximum atomic E-state index is 10.7. The lowest BCUT2D eigenvalue weighted by Crippen LogP contribution is -2.25. The largest absolute Gasteiger partial charge is 0.481 e. The fourth-order valence-electron chi connectivity index (χ4n) is 1.75. The lowest BCUT2D eigenvalue weighted by atomic mass is 10.2. The first-order chi connectivity index (χ1) is 8.25. The smallest absolute Gasteiger partial charge is 0.309 e. The average molecular weight is 237 g/mol. The van der Waals surface area contributed by atoms with Gasteiger partial charge in [0, 0.05) is 12.6 Å². The van der Waals surface area contributed by atoms with Crippen molar-refractivity contribution in [3.63, 3.8) is 0 Å². The van der Waals surface area contributed by atoms with Crippen molar-refractivity contribution in [2.75, 3.05) is 6.61 Å². The Hall–Kier alpha value is -1.62. The van der Waals surface area contributed by atoms with Gasteiger partial charge in [0.2, 0.25) is 0 Å². The number of rotatable bonds is 4. The third-order valence-electron chi connectivity index (χ3n) is 2.56. The van der Waals surface area contributed by atoms with Gasteiger partial charge in [-0.05, 0) is 25.0 Å². The summed E-state index contributed by atoms with van der Waals surface area (Å²) in [5.41, 5.74) is 0.439. The van der Waals surface area contributed by atoms with Crippen molar-refractivity contribution < 1.29 is 19.4 Å². The Bertz CT molecular complexity index is 388. The summed E-state index contributed by atoms with van der Waals surface area (Å²) < 4.78 is 11.1. The van der Waals surface area contributed by atoms with Gasteiger partial charge < -0.3 is 14.6 Å². The van der Waals surface area contributed by atoms with E-state index in [1.807, 2.05) is 0 Å². The summed E-state index contributed by atoms with van der Waals surface area (Å²) in [4.78, 5) is 14.7. The first-order valence-electron chi connectivity index (χ1n) is 5.69. The van der Waals surface area contributed by atoms with Crippen molar-refractivity contribution in [3.05, 3.63) is 24.0 Å². The summed E-state index contributed by atoms with van der Waals surface area (Å²) in [5.74, 6) is -0.417.